The Labute approximate surface area is 251 Å². The van der Waals surface area contributed by atoms with Crippen molar-refractivity contribution in [3.8, 4) is 5.75 Å². The molecule has 0 aliphatic rings. The monoisotopic (exact) mass is 726 g/mol. The summed E-state index contributed by atoms with van der Waals surface area (Å²) in [4.78, 5) is 23.7. The second-order valence-corrected chi connectivity index (χ2v) is 9.54. The third-order valence-corrected chi connectivity index (χ3v) is 5.07. The van der Waals surface area contributed by atoms with Gasteiger partial charge < -0.3 is 14.2 Å². The first kappa shape index (κ1) is 41.1. The minimum atomic E-state index is -8.74. The van der Waals surface area contributed by atoms with E-state index in [2.05, 4.69) is 14.2 Å². The highest BCUT2D eigenvalue weighted by molar-refractivity contribution is 5.89. The Morgan fingerprint density at radius 3 is 1.26 bits per heavy atom. The Balaban J connectivity index is 3.67. The zero-order chi connectivity index (χ0) is 37.4. The maximum atomic E-state index is 14.3. The van der Waals surface area contributed by atoms with Crippen LogP contribution in [0.5, 0.6) is 5.75 Å². The Bertz CT molecular complexity index is 1300. The first-order chi connectivity index (χ1) is 20.8. The van der Waals surface area contributed by atoms with Gasteiger partial charge in [0.15, 0.2) is 0 Å². The second-order valence-electron chi connectivity index (χ2n) is 9.54. The van der Waals surface area contributed by atoms with Crippen molar-refractivity contribution in [3.63, 3.8) is 0 Å². The fraction of sp³-hybridized carbons (Fsp3) is 0.565. The molecule has 0 unspecified atom stereocenters. The fourth-order valence-corrected chi connectivity index (χ4v) is 2.90. The molecule has 2 N–H and O–H groups in total. The summed E-state index contributed by atoms with van der Waals surface area (Å²) in [6, 6.07) is -2.33. The molecule has 47 heavy (non-hydrogen) atoms. The maximum Gasteiger partial charge on any atom is 0.460 e. The molecule has 1 rings (SSSR count). The zero-order valence-electron chi connectivity index (χ0n) is 23.4. The quantitative estimate of drug-likeness (QED) is 0.166. The summed E-state index contributed by atoms with van der Waals surface area (Å²) < 4.78 is 242. The van der Waals surface area contributed by atoms with Crippen LogP contribution in [0.3, 0.4) is 0 Å². The van der Waals surface area contributed by atoms with E-state index >= 15 is 0 Å². The standard InChI is InChI=1S/C23H19F17N2O5/c1-8(2)45-15(43)41-10-5-11(42-16(44)46-9(3)4)7-12(6-10)47-14(25)13(24)17(26,27)18(28,29)19(30,31)20(32,33)21(34,35)22(36,37)23(38,39)40/h5-9H,1-4H3,(H,41,43)(H,42,44). The normalized spacial score (nSPS) is 14.5. The average Bonchev–Trinajstić information content (AvgIpc) is 2.85. The molecule has 0 spiro atoms. The number of allylic oxidation sites excluding steroid dienone is 1. The first-order valence-corrected chi connectivity index (χ1v) is 12.0. The number of nitrogens with one attached hydrogen (secondary N) is 2. The highest BCUT2D eigenvalue weighted by atomic mass is 19.4. The summed E-state index contributed by atoms with van der Waals surface area (Å²) >= 11 is 0. The van der Waals surface area contributed by atoms with Crippen molar-refractivity contribution >= 4 is 23.6 Å². The van der Waals surface area contributed by atoms with Crippen LogP contribution in [-0.2, 0) is 9.47 Å². The molecule has 7 nitrogen and oxygen atoms in total. The van der Waals surface area contributed by atoms with Crippen molar-refractivity contribution in [3.05, 3.63) is 30.0 Å². The van der Waals surface area contributed by atoms with Crippen LogP contribution in [0, 0.1) is 0 Å². The minimum absolute atomic E-state index is 0.326. The maximum absolute atomic E-state index is 14.3. The van der Waals surface area contributed by atoms with Gasteiger partial charge in [0, 0.05) is 23.5 Å². The molecule has 0 aliphatic heterocycles. The summed E-state index contributed by atoms with van der Waals surface area (Å²) in [5.41, 5.74) is -1.34. The van der Waals surface area contributed by atoms with Crippen LogP contribution in [-0.4, -0.2) is 66.1 Å². The molecular formula is C23H19F17N2O5. The van der Waals surface area contributed by atoms with E-state index in [9.17, 15) is 84.2 Å². The van der Waals surface area contributed by atoms with Gasteiger partial charge in [0.2, 0.25) is 5.83 Å². The van der Waals surface area contributed by atoms with E-state index in [4.69, 9.17) is 0 Å². The van der Waals surface area contributed by atoms with Crippen LogP contribution in [0.1, 0.15) is 27.7 Å². The van der Waals surface area contributed by atoms with Crippen LogP contribution < -0.4 is 15.4 Å². The van der Waals surface area contributed by atoms with Gasteiger partial charge in [0.25, 0.3) is 0 Å². The van der Waals surface area contributed by atoms with Gasteiger partial charge in [-0.2, -0.15) is 74.6 Å². The molecule has 270 valence electrons. The predicted octanol–water partition coefficient (Wildman–Crippen LogP) is 9.46. The van der Waals surface area contributed by atoms with Crippen molar-refractivity contribution < 1.29 is 98.4 Å². The molecule has 0 aliphatic carbocycles. The van der Waals surface area contributed by atoms with E-state index in [-0.39, 0.29) is 0 Å². The molecule has 0 fully saturated rings. The second kappa shape index (κ2) is 13.3. The van der Waals surface area contributed by atoms with Gasteiger partial charge in [-0.1, -0.05) is 0 Å². The summed E-state index contributed by atoms with van der Waals surface area (Å²) in [6.07, 6.45) is -12.1. The number of ether oxygens (including phenoxy) is 3. The largest absolute Gasteiger partial charge is 0.460 e. The van der Waals surface area contributed by atoms with Crippen molar-refractivity contribution in [1.29, 1.82) is 0 Å². The number of halogens is 17. The van der Waals surface area contributed by atoms with E-state index in [1.807, 2.05) is 10.6 Å². The SMILES string of the molecule is CC(C)OC(=O)Nc1cc(NC(=O)OC(C)C)cc(OC(F)=C(F)C(F)(F)C(F)(F)C(F)(F)C(F)(F)C(F)(F)C(F)(F)C(F)(F)F)c1. The highest BCUT2D eigenvalue weighted by Crippen LogP contribution is 2.63. The lowest BCUT2D eigenvalue weighted by molar-refractivity contribution is -0.451. The topological polar surface area (TPSA) is 85.9 Å². The molecule has 1 aromatic rings. The fourth-order valence-electron chi connectivity index (χ4n) is 2.90. The number of alkyl halides is 15. The van der Waals surface area contributed by atoms with Crippen LogP contribution in [0.25, 0.3) is 0 Å². The molecule has 0 radical (unpaired) electrons. The summed E-state index contributed by atoms with van der Waals surface area (Å²) in [7, 11) is 0. The summed E-state index contributed by atoms with van der Waals surface area (Å²) in [6.45, 7) is 5.31. The molecule has 2 amide bonds. The van der Waals surface area contributed by atoms with Gasteiger partial charge in [-0.05, 0) is 33.8 Å². The van der Waals surface area contributed by atoms with Crippen molar-refractivity contribution in [2.75, 3.05) is 10.6 Å². The zero-order valence-corrected chi connectivity index (χ0v) is 23.4. The van der Waals surface area contributed by atoms with Gasteiger partial charge in [0.05, 0.1) is 12.2 Å². The van der Waals surface area contributed by atoms with Gasteiger partial charge in [0.1, 0.15) is 5.75 Å². The molecule has 0 heterocycles. The van der Waals surface area contributed by atoms with Gasteiger partial charge in [-0.3, -0.25) is 10.6 Å². The molecule has 0 bridgehead atoms. The Morgan fingerprint density at radius 2 is 0.915 bits per heavy atom. The number of anilines is 2. The van der Waals surface area contributed by atoms with E-state index in [0.29, 0.717) is 12.1 Å². The van der Waals surface area contributed by atoms with Gasteiger partial charge >= 0.3 is 59.9 Å². The summed E-state index contributed by atoms with van der Waals surface area (Å²) in [5.74, 6) is -56.5. The number of hydrogen-bond acceptors (Lipinski definition) is 5. The number of benzene rings is 1. The molecule has 0 atom stereocenters. The van der Waals surface area contributed by atoms with Crippen molar-refractivity contribution in [2.24, 2.45) is 0 Å². The first-order valence-electron chi connectivity index (χ1n) is 12.0. The lowest BCUT2D eigenvalue weighted by Crippen LogP contribution is -2.72. The van der Waals surface area contributed by atoms with Crippen LogP contribution in [0.2, 0.25) is 0 Å². The third-order valence-electron chi connectivity index (χ3n) is 5.07. The average molecular weight is 726 g/mol. The number of carbonyl (C=O) groups excluding carboxylic acids is 2. The Morgan fingerprint density at radius 1 is 0.574 bits per heavy atom. The summed E-state index contributed by atoms with van der Waals surface area (Å²) in [5, 5.41) is 3.74. The molecule has 24 heteroatoms. The predicted molar refractivity (Wildman–Crippen MR) is 123 cm³/mol. The van der Waals surface area contributed by atoms with Crippen molar-refractivity contribution in [2.45, 2.75) is 81.6 Å². The van der Waals surface area contributed by atoms with Gasteiger partial charge in [-0.15, -0.1) is 0 Å². The van der Waals surface area contributed by atoms with Crippen LogP contribution >= 0.6 is 0 Å². The Hall–Kier alpha value is -3.89. The number of amides is 2. The van der Waals surface area contributed by atoms with E-state index in [1.54, 1.807) is 0 Å². The third kappa shape index (κ3) is 7.99. The van der Waals surface area contributed by atoms with Crippen molar-refractivity contribution in [1.82, 2.24) is 0 Å². The molecular weight excluding hydrogens is 707 g/mol. The molecule has 0 aromatic heterocycles. The van der Waals surface area contributed by atoms with Crippen LogP contribution in [0.15, 0.2) is 30.0 Å². The number of hydrogen-bond donors (Lipinski definition) is 2. The van der Waals surface area contributed by atoms with E-state index in [1.165, 1.54) is 27.7 Å². The lowest BCUT2D eigenvalue weighted by Gasteiger charge is -2.41. The number of carbonyl (C=O) groups is 2. The lowest BCUT2D eigenvalue weighted by atomic mass is 9.91. The minimum Gasteiger partial charge on any atom is -0.447 e. The van der Waals surface area contributed by atoms with E-state index < -0.39 is 95.1 Å². The molecule has 1 aromatic carbocycles. The smallest absolute Gasteiger partial charge is 0.447 e. The Kier molecular flexibility index (Phi) is 11.7. The molecule has 0 saturated heterocycles. The highest BCUT2D eigenvalue weighted by Gasteiger charge is 2.93. The van der Waals surface area contributed by atoms with Gasteiger partial charge in [-0.25, -0.2) is 9.59 Å². The van der Waals surface area contributed by atoms with Crippen LogP contribution in [0.4, 0.5) is 95.6 Å². The van der Waals surface area contributed by atoms with E-state index in [0.717, 1.165) is 6.07 Å². The molecule has 0 saturated carbocycles. The number of rotatable bonds is 12.